The first kappa shape index (κ1) is 23.8. The Balaban J connectivity index is 1.35. The molecule has 0 aliphatic carbocycles. The van der Waals surface area contributed by atoms with Crippen molar-refractivity contribution < 1.29 is 14.0 Å². The molecule has 3 aromatic rings. The average molecular weight is 460 g/mol. The van der Waals surface area contributed by atoms with E-state index in [9.17, 15) is 9.59 Å². The van der Waals surface area contributed by atoms with Gasteiger partial charge in [0.05, 0.1) is 6.26 Å². The second-order valence-corrected chi connectivity index (χ2v) is 9.04. The van der Waals surface area contributed by atoms with Gasteiger partial charge >= 0.3 is 0 Å². The summed E-state index contributed by atoms with van der Waals surface area (Å²) in [5.74, 6) is -0.447. The Morgan fingerprint density at radius 1 is 0.971 bits per heavy atom. The fraction of sp³-hybridized carbons (Fsp3) is 0.357. The van der Waals surface area contributed by atoms with Gasteiger partial charge in [-0.1, -0.05) is 61.0 Å². The lowest BCUT2D eigenvalue weighted by atomic mass is 10.0. The number of amides is 2. The lowest BCUT2D eigenvalue weighted by molar-refractivity contribution is -0.123. The number of piperidine rings is 1. The Morgan fingerprint density at radius 2 is 1.74 bits per heavy atom. The minimum absolute atomic E-state index is 0.185. The van der Waals surface area contributed by atoms with Gasteiger partial charge in [-0.15, -0.1) is 0 Å². The summed E-state index contributed by atoms with van der Waals surface area (Å²) in [6.07, 6.45) is 5.70. The van der Waals surface area contributed by atoms with Gasteiger partial charge < -0.3 is 15.1 Å². The Kier molecular flexibility index (Phi) is 8.15. The molecule has 0 radical (unpaired) electrons. The number of carbonyl (C=O) groups excluding carboxylic acids is 2. The van der Waals surface area contributed by atoms with Gasteiger partial charge in [-0.25, -0.2) is 0 Å². The molecule has 2 amide bonds. The van der Waals surface area contributed by atoms with Crippen LogP contribution in [0.1, 0.15) is 53.4 Å². The maximum atomic E-state index is 13.0. The summed E-state index contributed by atoms with van der Waals surface area (Å²) < 4.78 is 5.18. The van der Waals surface area contributed by atoms with Crippen LogP contribution in [-0.2, 0) is 24.3 Å². The van der Waals surface area contributed by atoms with Crippen LogP contribution in [0.3, 0.4) is 0 Å². The van der Waals surface area contributed by atoms with Gasteiger partial charge in [0, 0.05) is 25.6 Å². The van der Waals surface area contributed by atoms with Gasteiger partial charge in [0.25, 0.3) is 5.91 Å². The van der Waals surface area contributed by atoms with Crippen LogP contribution in [0.2, 0.25) is 0 Å². The molecule has 0 spiro atoms. The largest absolute Gasteiger partial charge is 0.459 e. The highest BCUT2D eigenvalue weighted by Crippen LogP contribution is 2.19. The standard InChI is InChI=1S/C28H33N3O3/c1-21-8-5-6-16-31(21)20-24-14-12-23(13-15-24)19-29-27(32)25(18-22-9-3-2-4-10-22)30-28(33)26-11-7-17-34-26/h2-4,7,9-15,17,21,25H,5-6,8,16,18-20H2,1H3,(H,29,32)(H,30,33). The van der Waals surface area contributed by atoms with Crippen LogP contribution < -0.4 is 10.6 Å². The highest BCUT2D eigenvalue weighted by Gasteiger charge is 2.23. The Labute approximate surface area is 201 Å². The first-order valence-electron chi connectivity index (χ1n) is 12.1. The molecule has 1 aliphatic heterocycles. The summed E-state index contributed by atoms with van der Waals surface area (Å²) in [5, 5.41) is 5.80. The fourth-order valence-electron chi connectivity index (χ4n) is 4.40. The van der Waals surface area contributed by atoms with Gasteiger partial charge in [-0.2, -0.15) is 0 Å². The van der Waals surface area contributed by atoms with E-state index in [1.807, 2.05) is 30.3 Å². The van der Waals surface area contributed by atoms with Gasteiger partial charge in [0.15, 0.2) is 5.76 Å². The number of nitrogens with one attached hydrogen (secondary N) is 2. The van der Waals surface area contributed by atoms with Crippen molar-refractivity contribution in [2.24, 2.45) is 0 Å². The van der Waals surface area contributed by atoms with E-state index in [0.717, 1.165) is 24.2 Å². The predicted molar refractivity (Wildman–Crippen MR) is 132 cm³/mol. The molecule has 6 nitrogen and oxygen atoms in total. The van der Waals surface area contributed by atoms with Gasteiger partial charge in [0.1, 0.15) is 6.04 Å². The molecule has 4 rings (SSSR count). The second-order valence-electron chi connectivity index (χ2n) is 9.04. The molecule has 0 saturated carbocycles. The third-order valence-electron chi connectivity index (χ3n) is 6.47. The normalized spacial score (nSPS) is 17.1. The van der Waals surface area contributed by atoms with E-state index in [0.29, 0.717) is 19.0 Å². The maximum Gasteiger partial charge on any atom is 0.287 e. The Hall–Kier alpha value is -3.38. The number of rotatable bonds is 9. The monoisotopic (exact) mass is 459 g/mol. The first-order chi connectivity index (χ1) is 16.6. The molecule has 1 saturated heterocycles. The summed E-state index contributed by atoms with van der Waals surface area (Å²) in [5.41, 5.74) is 3.29. The minimum atomic E-state index is -0.708. The molecule has 0 bridgehead atoms. The van der Waals surface area contributed by atoms with Crippen LogP contribution in [0.4, 0.5) is 0 Å². The predicted octanol–water partition coefficient (Wildman–Crippen LogP) is 4.31. The summed E-state index contributed by atoms with van der Waals surface area (Å²) in [7, 11) is 0. The van der Waals surface area contributed by atoms with Crippen LogP contribution in [0, 0.1) is 0 Å². The molecule has 6 heteroatoms. The van der Waals surface area contributed by atoms with E-state index in [2.05, 4.69) is 46.7 Å². The molecule has 1 aromatic heterocycles. The topological polar surface area (TPSA) is 74.6 Å². The summed E-state index contributed by atoms with van der Waals surface area (Å²) in [6, 6.07) is 21.2. The van der Waals surface area contributed by atoms with Gasteiger partial charge in [0.2, 0.25) is 5.91 Å². The van der Waals surface area contributed by atoms with Crippen molar-refractivity contribution >= 4 is 11.8 Å². The molecular weight excluding hydrogens is 426 g/mol. The van der Waals surface area contributed by atoms with E-state index in [4.69, 9.17) is 4.42 Å². The number of likely N-dealkylation sites (tertiary alicyclic amines) is 1. The quantitative estimate of drug-likeness (QED) is 0.500. The number of furan rings is 1. The summed E-state index contributed by atoms with van der Waals surface area (Å²) in [6.45, 7) is 4.83. The van der Waals surface area contributed by atoms with Crippen molar-refractivity contribution in [3.8, 4) is 0 Å². The number of hydrogen-bond acceptors (Lipinski definition) is 4. The number of hydrogen-bond donors (Lipinski definition) is 2. The fourth-order valence-corrected chi connectivity index (χ4v) is 4.40. The molecule has 2 heterocycles. The summed E-state index contributed by atoms with van der Waals surface area (Å²) in [4.78, 5) is 28.1. The molecule has 2 atom stereocenters. The van der Waals surface area contributed by atoms with Crippen molar-refractivity contribution in [2.45, 2.75) is 57.8 Å². The number of benzene rings is 2. The van der Waals surface area contributed by atoms with Gasteiger partial charge in [-0.3, -0.25) is 14.5 Å². The van der Waals surface area contributed by atoms with Crippen molar-refractivity contribution in [2.75, 3.05) is 6.54 Å². The van der Waals surface area contributed by atoms with Crippen LogP contribution >= 0.6 is 0 Å². The lowest BCUT2D eigenvalue weighted by Gasteiger charge is -2.33. The SMILES string of the molecule is CC1CCCCN1Cc1ccc(CNC(=O)C(Cc2ccccc2)NC(=O)c2ccco2)cc1. The zero-order valence-corrected chi connectivity index (χ0v) is 19.7. The molecule has 2 N–H and O–H groups in total. The van der Waals surface area contributed by atoms with E-state index in [-0.39, 0.29) is 11.7 Å². The van der Waals surface area contributed by atoms with Crippen LogP contribution in [-0.4, -0.2) is 35.3 Å². The van der Waals surface area contributed by atoms with Crippen molar-refractivity contribution in [1.29, 1.82) is 0 Å². The van der Waals surface area contributed by atoms with E-state index < -0.39 is 11.9 Å². The van der Waals surface area contributed by atoms with E-state index in [1.54, 1.807) is 12.1 Å². The Bertz CT molecular complexity index is 1050. The lowest BCUT2D eigenvalue weighted by Crippen LogP contribution is -2.47. The zero-order valence-electron chi connectivity index (χ0n) is 19.7. The minimum Gasteiger partial charge on any atom is -0.459 e. The number of nitrogens with zero attached hydrogens (tertiary/aromatic N) is 1. The molecule has 1 aliphatic rings. The molecule has 1 fully saturated rings. The smallest absolute Gasteiger partial charge is 0.287 e. The van der Waals surface area contributed by atoms with E-state index in [1.165, 1.54) is 31.1 Å². The maximum absolute atomic E-state index is 13.0. The summed E-state index contributed by atoms with van der Waals surface area (Å²) >= 11 is 0. The van der Waals surface area contributed by atoms with Crippen molar-refractivity contribution in [3.05, 3.63) is 95.4 Å². The van der Waals surface area contributed by atoms with Crippen LogP contribution in [0.15, 0.2) is 77.4 Å². The van der Waals surface area contributed by atoms with Crippen molar-refractivity contribution in [1.82, 2.24) is 15.5 Å². The molecular formula is C28H33N3O3. The van der Waals surface area contributed by atoms with Crippen molar-refractivity contribution in [3.63, 3.8) is 0 Å². The van der Waals surface area contributed by atoms with E-state index >= 15 is 0 Å². The second kappa shape index (κ2) is 11.7. The third kappa shape index (κ3) is 6.58. The first-order valence-corrected chi connectivity index (χ1v) is 12.1. The zero-order chi connectivity index (χ0) is 23.8. The molecule has 34 heavy (non-hydrogen) atoms. The third-order valence-corrected chi connectivity index (χ3v) is 6.47. The molecule has 2 aromatic carbocycles. The van der Waals surface area contributed by atoms with Gasteiger partial charge in [-0.05, 0) is 55.1 Å². The highest BCUT2D eigenvalue weighted by molar-refractivity contribution is 5.95. The molecule has 178 valence electrons. The number of carbonyl (C=O) groups is 2. The van der Waals surface area contributed by atoms with Crippen LogP contribution in [0.5, 0.6) is 0 Å². The molecule has 2 unspecified atom stereocenters. The van der Waals surface area contributed by atoms with Crippen LogP contribution in [0.25, 0.3) is 0 Å². The average Bonchev–Trinajstić information content (AvgIpc) is 3.40. The Morgan fingerprint density at radius 3 is 2.44 bits per heavy atom. The highest BCUT2D eigenvalue weighted by atomic mass is 16.3.